The molecule has 0 N–H and O–H groups in total. The Morgan fingerprint density at radius 3 is 2.82 bits per heavy atom. The van der Waals surface area contributed by atoms with E-state index in [0.29, 0.717) is 17.6 Å². The number of hydrogen-bond donors (Lipinski definition) is 0. The van der Waals surface area contributed by atoms with Crippen LogP contribution in [0.5, 0.6) is 0 Å². The van der Waals surface area contributed by atoms with Gasteiger partial charge < -0.3 is 14.2 Å². The molecule has 0 aromatic heterocycles. The van der Waals surface area contributed by atoms with Crippen LogP contribution in [0.1, 0.15) is 33.1 Å². The molecule has 5 rings (SSSR count). The number of hydrogen-bond acceptors (Lipinski definition) is 3. The zero-order chi connectivity index (χ0) is 11.7. The van der Waals surface area contributed by atoms with Crippen LogP contribution in [-0.2, 0) is 14.2 Å². The molecular formula is C14H22O3. The van der Waals surface area contributed by atoms with Crippen molar-refractivity contribution in [3.63, 3.8) is 0 Å². The van der Waals surface area contributed by atoms with E-state index in [2.05, 4.69) is 13.8 Å². The minimum atomic E-state index is 0.197. The molecule has 0 aromatic carbocycles. The van der Waals surface area contributed by atoms with Gasteiger partial charge in [0.25, 0.3) is 0 Å². The third-order valence-electron chi connectivity index (χ3n) is 5.75. The molecule has 3 aliphatic carbocycles. The Bertz CT molecular complexity index is 336. The molecule has 3 nitrogen and oxygen atoms in total. The Morgan fingerprint density at radius 1 is 1.29 bits per heavy atom. The van der Waals surface area contributed by atoms with Gasteiger partial charge in [0, 0.05) is 13.0 Å². The fourth-order valence-electron chi connectivity index (χ4n) is 4.29. The highest BCUT2D eigenvalue weighted by Gasteiger charge is 2.74. The maximum Gasteiger partial charge on any atom is 0.104 e. The second kappa shape index (κ2) is 3.25. The van der Waals surface area contributed by atoms with E-state index in [9.17, 15) is 0 Å². The molecule has 0 amide bonds. The van der Waals surface area contributed by atoms with E-state index in [1.165, 1.54) is 12.8 Å². The van der Waals surface area contributed by atoms with Crippen LogP contribution < -0.4 is 0 Å². The van der Waals surface area contributed by atoms with E-state index in [-0.39, 0.29) is 5.60 Å². The zero-order valence-electron chi connectivity index (χ0n) is 10.8. The summed E-state index contributed by atoms with van der Waals surface area (Å²) in [7, 11) is 0. The molecule has 0 radical (unpaired) electrons. The van der Waals surface area contributed by atoms with Crippen molar-refractivity contribution in [2.75, 3.05) is 19.8 Å². The Morgan fingerprint density at radius 2 is 2.12 bits per heavy atom. The first-order valence-corrected chi connectivity index (χ1v) is 7.00. The van der Waals surface area contributed by atoms with Crippen molar-refractivity contribution >= 4 is 0 Å². The van der Waals surface area contributed by atoms with Gasteiger partial charge >= 0.3 is 0 Å². The van der Waals surface area contributed by atoms with Crippen LogP contribution in [0, 0.1) is 17.3 Å². The van der Waals surface area contributed by atoms with E-state index >= 15 is 0 Å². The van der Waals surface area contributed by atoms with E-state index in [4.69, 9.17) is 14.2 Å². The average molecular weight is 238 g/mol. The predicted octanol–water partition coefficient (Wildman–Crippen LogP) is 2.00. The van der Waals surface area contributed by atoms with Crippen molar-refractivity contribution in [3.8, 4) is 0 Å². The van der Waals surface area contributed by atoms with E-state index in [1.54, 1.807) is 0 Å². The standard InChI is InChI=1S/C14H22O3/c1-13(2)9-5-11(13)14(12(6-9)17-14)3-4-15-7-10-8-16-10/h9-12H,3-8H2,1-2H3. The molecule has 17 heavy (non-hydrogen) atoms. The first-order valence-electron chi connectivity index (χ1n) is 7.00. The molecule has 2 heterocycles. The van der Waals surface area contributed by atoms with Crippen LogP contribution >= 0.6 is 0 Å². The normalized spacial score (nSPS) is 52.6. The first-order chi connectivity index (χ1) is 8.13. The summed E-state index contributed by atoms with van der Waals surface area (Å²) in [5.41, 5.74) is 0.704. The van der Waals surface area contributed by atoms with E-state index < -0.39 is 0 Å². The summed E-state index contributed by atoms with van der Waals surface area (Å²) in [5, 5.41) is 0. The van der Waals surface area contributed by atoms with Crippen molar-refractivity contribution in [1.82, 2.24) is 0 Å². The van der Waals surface area contributed by atoms with E-state index in [0.717, 1.165) is 38.1 Å². The molecular weight excluding hydrogens is 216 g/mol. The van der Waals surface area contributed by atoms with Gasteiger partial charge in [0.2, 0.25) is 0 Å². The smallest absolute Gasteiger partial charge is 0.104 e. The third-order valence-corrected chi connectivity index (χ3v) is 5.75. The monoisotopic (exact) mass is 238 g/mol. The summed E-state index contributed by atoms with van der Waals surface area (Å²) >= 11 is 0. The molecule has 5 atom stereocenters. The zero-order valence-corrected chi connectivity index (χ0v) is 10.8. The van der Waals surface area contributed by atoms with Crippen molar-refractivity contribution in [1.29, 1.82) is 0 Å². The molecule has 5 unspecified atom stereocenters. The Balaban J connectivity index is 1.34. The van der Waals surface area contributed by atoms with Gasteiger partial charge in [0.1, 0.15) is 11.7 Å². The van der Waals surface area contributed by atoms with Gasteiger partial charge in [-0.3, -0.25) is 0 Å². The fraction of sp³-hybridized carbons (Fsp3) is 1.00. The second-order valence-electron chi connectivity index (χ2n) is 6.88. The molecule has 2 bridgehead atoms. The lowest BCUT2D eigenvalue weighted by Gasteiger charge is -2.58. The minimum Gasteiger partial charge on any atom is -0.379 e. The average Bonchev–Trinajstić information content (AvgIpc) is 3.17. The molecule has 2 saturated heterocycles. The van der Waals surface area contributed by atoms with Gasteiger partial charge in [0.05, 0.1) is 19.3 Å². The fourth-order valence-corrected chi connectivity index (χ4v) is 4.29. The Kier molecular flexibility index (Phi) is 2.06. The quantitative estimate of drug-likeness (QED) is 0.542. The highest BCUT2D eigenvalue weighted by atomic mass is 16.6. The SMILES string of the molecule is CC1(C)C2CC3OC3(CCOCC3CO3)C1C2. The molecule has 3 heteroatoms. The summed E-state index contributed by atoms with van der Waals surface area (Å²) in [6.45, 7) is 7.35. The highest BCUT2D eigenvalue weighted by Crippen LogP contribution is 2.71. The minimum absolute atomic E-state index is 0.197. The molecule has 96 valence electrons. The van der Waals surface area contributed by atoms with E-state index in [1.807, 2.05) is 0 Å². The summed E-state index contributed by atoms with van der Waals surface area (Å²) in [5.74, 6) is 1.69. The van der Waals surface area contributed by atoms with Crippen LogP contribution in [-0.4, -0.2) is 37.6 Å². The van der Waals surface area contributed by atoms with Crippen LogP contribution in [0.3, 0.4) is 0 Å². The van der Waals surface area contributed by atoms with Crippen LogP contribution in [0.4, 0.5) is 0 Å². The summed E-state index contributed by atoms with van der Waals surface area (Å²) in [4.78, 5) is 0. The van der Waals surface area contributed by atoms with Crippen molar-refractivity contribution in [2.45, 2.75) is 50.9 Å². The lowest BCUT2D eigenvalue weighted by atomic mass is 9.45. The topological polar surface area (TPSA) is 34.3 Å². The predicted molar refractivity (Wildman–Crippen MR) is 62.8 cm³/mol. The van der Waals surface area contributed by atoms with Gasteiger partial charge in [0.15, 0.2) is 0 Å². The number of epoxide rings is 2. The highest BCUT2D eigenvalue weighted by molar-refractivity contribution is 5.22. The number of rotatable bonds is 5. The molecule has 3 saturated carbocycles. The molecule has 0 aromatic rings. The largest absolute Gasteiger partial charge is 0.379 e. The number of ether oxygens (including phenoxy) is 3. The molecule has 5 aliphatic rings. The van der Waals surface area contributed by atoms with Crippen molar-refractivity contribution in [2.24, 2.45) is 17.3 Å². The first kappa shape index (κ1) is 10.8. The third kappa shape index (κ3) is 1.45. The van der Waals surface area contributed by atoms with Crippen molar-refractivity contribution < 1.29 is 14.2 Å². The van der Waals surface area contributed by atoms with Gasteiger partial charge in [-0.1, -0.05) is 13.8 Å². The molecule has 2 aliphatic heterocycles. The lowest BCUT2D eigenvalue weighted by molar-refractivity contribution is -0.0917. The van der Waals surface area contributed by atoms with Gasteiger partial charge in [-0.2, -0.15) is 0 Å². The molecule has 5 fully saturated rings. The lowest BCUT2D eigenvalue weighted by Crippen LogP contribution is -2.57. The van der Waals surface area contributed by atoms with Gasteiger partial charge in [-0.05, 0) is 30.1 Å². The summed E-state index contributed by atoms with van der Waals surface area (Å²) < 4.78 is 16.9. The Labute approximate surface area is 103 Å². The van der Waals surface area contributed by atoms with Crippen molar-refractivity contribution in [3.05, 3.63) is 0 Å². The van der Waals surface area contributed by atoms with Gasteiger partial charge in [-0.25, -0.2) is 0 Å². The van der Waals surface area contributed by atoms with Crippen LogP contribution in [0.25, 0.3) is 0 Å². The van der Waals surface area contributed by atoms with Gasteiger partial charge in [-0.15, -0.1) is 0 Å². The summed E-state index contributed by atoms with van der Waals surface area (Å²) in [6.07, 6.45) is 4.70. The Hall–Kier alpha value is -0.120. The van der Waals surface area contributed by atoms with Crippen LogP contribution in [0.2, 0.25) is 0 Å². The second-order valence-corrected chi connectivity index (χ2v) is 6.88. The maximum atomic E-state index is 6.07. The maximum absolute atomic E-state index is 6.07. The van der Waals surface area contributed by atoms with Crippen LogP contribution in [0.15, 0.2) is 0 Å². The molecule has 0 spiro atoms. The summed E-state index contributed by atoms with van der Waals surface area (Å²) in [6, 6.07) is 0.